The molecule has 1 amide bonds. The van der Waals surface area contributed by atoms with Crippen molar-refractivity contribution >= 4 is 40.8 Å². The van der Waals surface area contributed by atoms with Crippen LogP contribution in [0.2, 0.25) is 0 Å². The smallest absolute Gasteiger partial charge is 0.355 e. The van der Waals surface area contributed by atoms with Gasteiger partial charge in [0.05, 0.1) is 0 Å². The molecule has 0 aliphatic heterocycles. The van der Waals surface area contributed by atoms with Gasteiger partial charge < -0.3 is 15.0 Å². The number of amides is 1. The molecule has 2 rings (SSSR count). The number of carbonyl (C=O) groups excluding carboxylic acids is 3. The molecule has 24 heavy (non-hydrogen) atoms. The highest BCUT2D eigenvalue weighted by Gasteiger charge is 2.13. The van der Waals surface area contributed by atoms with Gasteiger partial charge in [-0.05, 0) is 24.4 Å². The first-order chi connectivity index (χ1) is 11.6. The fourth-order valence-corrected chi connectivity index (χ4v) is 3.50. The van der Waals surface area contributed by atoms with E-state index in [0.29, 0.717) is 12.1 Å². The second kappa shape index (κ2) is 9.29. The van der Waals surface area contributed by atoms with Crippen LogP contribution in [0.3, 0.4) is 0 Å². The number of aromatic amines is 1. The SMILES string of the molecule is CC(=O)c1c[nH]c(C(=O)OCC(=O)NCCSCc2cccs2)c1. The van der Waals surface area contributed by atoms with Gasteiger partial charge in [0, 0.05) is 34.7 Å². The third-order valence-electron chi connectivity index (χ3n) is 3.04. The Bertz CT molecular complexity index is 695. The van der Waals surface area contributed by atoms with E-state index in [2.05, 4.69) is 16.4 Å². The number of ether oxygens (including phenoxy) is 1. The molecule has 2 heterocycles. The van der Waals surface area contributed by atoms with Crippen LogP contribution in [0.25, 0.3) is 0 Å². The Hall–Kier alpha value is -2.06. The third kappa shape index (κ3) is 5.86. The predicted octanol–water partition coefficient (Wildman–Crippen LogP) is 2.49. The normalized spacial score (nSPS) is 10.4. The summed E-state index contributed by atoms with van der Waals surface area (Å²) in [7, 11) is 0. The molecule has 0 aliphatic rings. The Morgan fingerprint density at radius 1 is 1.38 bits per heavy atom. The number of ketones is 1. The van der Waals surface area contributed by atoms with E-state index < -0.39 is 5.97 Å². The molecule has 0 radical (unpaired) electrons. The first-order valence-corrected chi connectivity index (χ1v) is 9.33. The lowest BCUT2D eigenvalue weighted by Crippen LogP contribution is -2.30. The van der Waals surface area contributed by atoms with Gasteiger partial charge >= 0.3 is 5.97 Å². The zero-order valence-electron chi connectivity index (χ0n) is 13.2. The molecular formula is C16H18N2O4S2. The second-order valence-electron chi connectivity index (χ2n) is 4.92. The van der Waals surface area contributed by atoms with Gasteiger partial charge in [0.1, 0.15) is 5.69 Å². The molecule has 0 aromatic carbocycles. The molecule has 0 bridgehead atoms. The molecule has 0 atom stereocenters. The van der Waals surface area contributed by atoms with Gasteiger partial charge in [-0.1, -0.05) is 6.07 Å². The van der Waals surface area contributed by atoms with Crippen molar-refractivity contribution in [2.24, 2.45) is 0 Å². The van der Waals surface area contributed by atoms with Crippen LogP contribution in [0.5, 0.6) is 0 Å². The molecule has 2 N–H and O–H groups in total. The van der Waals surface area contributed by atoms with E-state index >= 15 is 0 Å². The summed E-state index contributed by atoms with van der Waals surface area (Å²) in [5, 5.41) is 4.73. The van der Waals surface area contributed by atoms with Crippen LogP contribution in [0, 0.1) is 0 Å². The Morgan fingerprint density at radius 2 is 2.21 bits per heavy atom. The van der Waals surface area contributed by atoms with Crippen molar-refractivity contribution in [2.45, 2.75) is 12.7 Å². The van der Waals surface area contributed by atoms with E-state index in [1.807, 2.05) is 11.4 Å². The molecular weight excluding hydrogens is 348 g/mol. The molecule has 6 nitrogen and oxygen atoms in total. The quantitative estimate of drug-likeness (QED) is 0.404. The Balaban J connectivity index is 1.60. The molecule has 0 saturated carbocycles. The summed E-state index contributed by atoms with van der Waals surface area (Å²) >= 11 is 3.44. The van der Waals surface area contributed by atoms with E-state index in [-0.39, 0.29) is 24.0 Å². The van der Waals surface area contributed by atoms with Gasteiger partial charge in [-0.25, -0.2) is 4.79 Å². The lowest BCUT2D eigenvalue weighted by atomic mass is 10.2. The maximum atomic E-state index is 11.7. The van der Waals surface area contributed by atoms with E-state index in [9.17, 15) is 14.4 Å². The predicted molar refractivity (Wildman–Crippen MR) is 94.6 cm³/mol. The number of Topliss-reactive ketones (excluding diaryl/α,β-unsaturated/α-hetero) is 1. The number of thiophene rings is 1. The van der Waals surface area contributed by atoms with Crippen molar-refractivity contribution in [1.29, 1.82) is 0 Å². The van der Waals surface area contributed by atoms with Crippen LogP contribution >= 0.6 is 23.1 Å². The Labute approximate surface area is 148 Å². The monoisotopic (exact) mass is 366 g/mol. The minimum atomic E-state index is -0.662. The Kier molecular flexibility index (Phi) is 7.07. The summed E-state index contributed by atoms with van der Waals surface area (Å²) in [5.74, 6) is 0.551. The minimum Gasteiger partial charge on any atom is -0.451 e. The Morgan fingerprint density at radius 3 is 2.88 bits per heavy atom. The van der Waals surface area contributed by atoms with Crippen LogP contribution in [0.1, 0.15) is 32.6 Å². The zero-order chi connectivity index (χ0) is 17.4. The van der Waals surface area contributed by atoms with Gasteiger partial charge in [-0.3, -0.25) is 9.59 Å². The number of hydrogen-bond donors (Lipinski definition) is 2. The highest BCUT2D eigenvalue weighted by Crippen LogP contribution is 2.16. The van der Waals surface area contributed by atoms with Crippen LogP contribution < -0.4 is 5.32 Å². The van der Waals surface area contributed by atoms with Gasteiger partial charge in [-0.15, -0.1) is 11.3 Å². The van der Waals surface area contributed by atoms with Gasteiger partial charge in [0.25, 0.3) is 5.91 Å². The number of H-pyrrole nitrogens is 1. The van der Waals surface area contributed by atoms with Crippen LogP contribution in [-0.2, 0) is 15.3 Å². The first-order valence-electron chi connectivity index (χ1n) is 7.29. The maximum absolute atomic E-state index is 11.7. The highest BCUT2D eigenvalue weighted by molar-refractivity contribution is 7.98. The number of aromatic nitrogens is 1. The summed E-state index contributed by atoms with van der Waals surface area (Å²) in [6, 6.07) is 5.50. The summed E-state index contributed by atoms with van der Waals surface area (Å²) < 4.78 is 4.90. The summed E-state index contributed by atoms with van der Waals surface area (Å²) in [6.07, 6.45) is 1.43. The maximum Gasteiger partial charge on any atom is 0.355 e. The molecule has 2 aromatic heterocycles. The first kappa shape index (κ1) is 18.3. The average Bonchev–Trinajstić information content (AvgIpc) is 3.23. The van der Waals surface area contributed by atoms with E-state index in [1.165, 1.54) is 24.1 Å². The number of carbonyl (C=O) groups is 3. The molecule has 0 aliphatic carbocycles. The number of hydrogen-bond acceptors (Lipinski definition) is 6. The zero-order valence-corrected chi connectivity index (χ0v) is 14.8. The molecule has 128 valence electrons. The van der Waals surface area contributed by atoms with Crippen molar-refractivity contribution in [3.8, 4) is 0 Å². The van der Waals surface area contributed by atoms with Crippen LogP contribution in [-0.4, -0.2) is 41.5 Å². The van der Waals surface area contributed by atoms with Crippen molar-refractivity contribution in [2.75, 3.05) is 18.9 Å². The minimum absolute atomic E-state index is 0.150. The third-order valence-corrected chi connectivity index (χ3v) is 5.10. The van der Waals surface area contributed by atoms with E-state index in [4.69, 9.17) is 4.74 Å². The van der Waals surface area contributed by atoms with Crippen molar-refractivity contribution < 1.29 is 19.1 Å². The van der Waals surface area contributed by atoms with Gasteiger partial charge in [0.2, 0.25) is 0 Å². The van der Waals surface area contributed by atoms with E-state index in [0.717, 1.165) is 11.5 Å². The van der Waals surface area contributed by atoms with Crippen molar-refractivity contribution in [3.05, 3.63) is 45.9 Å². The number of thioether (sulfide) groups is 1. The van der Waals surface area contributed by atoms with Gasteiger partial charge in [0.15, 0.2) is 12.4 Å². The van der Waals surface area contributed by atoms with Crippen LogP contribution in [0.4, 0.5) is 0 Å². The molecule has 0 spiro atoms. The van der Waals surface area contributed by atoms with Crippen molar-refractivity contribution in [1.82, 2.24) is 10.3 Å². The second-order valence-corrected chi connectivity index (χ2v) is 7.05. The van der Waals surface area contributed by atoms with Gasteiger partial charge in [-0.2, -0.15) is 11.8 Å². The number of nitrogens with one attached hydrogen (secondary N) is 2. The van der Waals surface area contributed by atoms with Crippen LogP contribution in [0.15, 0.2) is 29.8 Å². The molecule has 2 aromatic rings. The summed E-state index contributed by atoms with van der Waals surface area (Å²) in [5.41, 5.74) is 0.550. The van der Waals surface area contributed by atoms with Crippen molar-refractivity contribution in [3.63, 3.8) is 0 Å². The number of esters is 1. The fourth-order valence-electron chi connectivity index (χ4n) is 1.81. The largest absolute Gasteiger partial charge is 0.451 e. The van der Waals surface area contributed by atoms with E-state index in [1.54, 1.807) is 23.1 Å². The molecule has 8 heteroatoms. The molecule has 0 fully saturated rings. The molecule has 0 saturated heterocycles. The lowest BCUT2D eigenvalue weighted by molar-refractivity contribution is -0.124. The number of rotatable bonds is 9. The topological polar surface area (TPSA) is 88.3 Å². The molecule has 0 unspecified atom stereocenters. The lowest BCUT2D eigenvalue weighted by Gasteiger charge is -2.05. The summed E-state index contributed by atoms with van der Waals surface area (Å²) in [6.45, 7) is 1.58. The standard InChI is InChI=1S/C16H18N2O4S2/c1-11(19)12-7-14(18-8-12)16(21)22-9-15(20)17-4-6-23-10-13-3-2-5-24-13/h2-3,5,7-8,18H,4,6,9-10H2,1H3,(H,17,20). The summed E-state index contributed by atoms with van der Waals surface area (Å²) in [4.78, 5) is 38.5. The fraction of sp³-hybridized carbons (Fsp3) is 0.312. The average molecular weight is 366 g/mol. The highest BCUT2D eigenvalue weighted by atomic mass is 32.2.